The molecule has 0 fully saturated rings. The van der Waals surface area contributed by atoms with E-state index in [-0.39, 0.29) is 0 Å². The van der Waals surface area contributed by atoms with Gasteiger partial charge in [0.25, 0.3) is 0 Å². The number of nitrogens with zero attached hydrogens (tertiary/aromatic N) is 1. The molecule has 3 aromatic rings. The maximum absolute atomic E-state index is 5.69. The second kappa shape index (κ2) is 5.57. The summed E-state index contributed by atoms with van der Waals surface area (Å²) < 4.78 is 0. The summed E-state index contributed by atoms with van der Waals surface area (Å²) in [6, 6.07) is 16.7. The average molecular weight is 280 g/mol. The van der Waals surface area contributed by atoms with Crippen molar-refractivity contribution in [1.82, 2.24) is 4.98 Å². The molecule has 0 atom stereocenters. The molecular weight excluding hydrogens is 264 g/mol. The lowest BCUT2D eigenvalue weighted by Gasteiger charge is -2.00. The highest BCUT2D eigenvalue weighted by Crippen LogP contribution is 2.29. The summed E-state index contributed by atoms with van der Waals surface area (Å²) in [6.07, 6.45) is 0. The first-order valence-corrected chi connectivity index (χ1v) is 7.46. The van der Waals surface area contributed by atoms with E-state index in [1.165, 1.54) is 5.56 Å². The molecule has 3 heteroatoms. The maximum atomic E-state index is 5.69. The first kappa shape index (κ1) is 13.0. The van der Waals surface area contributed by atoms with Gasteiger partial charge < -0.3 is 5.73 Å². The number of nitrogens with two attached hydrogens (primary N) is 1. The van der Waals surface area contributed by atoms with Gasteiger partial charge >= 0.3 is 0 Å². The fraction of sp³-hybridized carbons (Fsp3) is 0.118. The molecule has 2 N–H and O–H groups in total. The number of rotatable bonds is 3. The van der Waals surface area contributed by atoms with E-state index < -0.39 is 0 Å². The fourth-order valence-corrected chi connectivity index (χ4v) is 2.92. The van der Waals surface area contributed by atoms with Gasteiger partial charge in [-0.2, -0.15) is 0 Å². The van der Waals surface area contributed by atoms with E-state index >= 15 is 0 Å². The number of hydrogen-bond donors (Lipinski definition) is 1. The van der Waals surface area contributed by atoms with Crippen LogP contribution in [0.2, 0.25) is 0 Å². The molecule has 1 aromatic heterocycles. The Balaban J connectivity index is 1.95. The highest BCUT2D eigenvalue weighted by atomic mass is 32.1. The van der Waals surface area contributed by atoms with Gasteiger partial charge in [0.1, 0.15) is 5.01 Å². The Labute approximate surface area is 122 Å². The van der Waals surface area contributed by atoms with Crippen molar-refractivity contribution in [1.29, 1.82) is 0 Å². The minimum Gasteiger partial charge on any atom is -0.326 e. The van der Waals surface area contributed by atoms with Crippen LogP contribution in [0.3, 0.4) is 0 Å². The van der Waals surface area contributed by atoms with Gasteiger partial charge in [0.15, 0.2) is 0 Å². The molecule has 0 aliphatic heterocycles. The highest BCUT2D eigenvalue weighted by molar-refractivity contribution is 7.13. The van der Waals surface area contributed by atoms with Crippen LogP contribution >= 0.6 is 11.3 Å². The summed E-state index contributed by atoms with van der Waals surface area (Å²) in [7, 11) is 0. The van der Waals surface area contributed by atoms with Crippen molar-refractivity contribution in [2.24, 2.45) is 5.73 Å². The zero-order valence-electron chi connectivity index (χ0n) is 11.3. The molecule has 0 radical (unpaired) electrons. The molecule has 2 nitrogen and oxygen atoms in total. The molecule has 0 aliphatic carbocycles. The van der Waals surface area contributed by atoms with Crippen LogP contribution in [0, 0.1) is 6.92 Å². The molecule has 0 bridgehead atoms. The SMILES string of the molecule is Cc1ccc(-c2csc(-c3cccc(CN)c3)n2)cc1. The molecule has 0 amide bonds. The van der Waals surface area contributed by atoms with Gasteiger partial charge in [-0.25, -0.2) is 4.98 Å². The van der Waals surface area contributed by atoms with Crippen molar-refractivity contribution in [2.75, 3.05) is 0 Å². The lowest BCUT2D eigenvalue weighted by atomic mass is 10.1. The number of thiazole rings is 1. The smallest absolute Gasteiger partial charge is 0.124 e. The van der Waals surface area contributed by atoms with E-state index in [2.05, 4.69) is 48.7 Å². The molecule has 20 heavy (non-hydrogen) atoms. The molecule has 2 aromatic carbocycles. The Bertz CT molecular complexity index is 714. The highest BCUT2D eigenvalue weighted by Gasteiger charge is 2.07. The van der Waals surface area contributed by atoms with Crippen molar-refractivity contribution >= 4 is 11.3 Å². The molecule has 0 saturated carbocycles. The van der Waals surface area contributed by atoms with Crippen LogP contribution in [0.4, 0.5) is 0 Å². The van der Waals surface area contributed by atoms with Gasteiger partial charge in [0.2, 0.25) is 0 Å². The second-order valence-corrected chi connectivity index (χ2v) is 5.67. The van der Waals surface area contributed by atoms with Crippen LogP contribution in [0.15, 0.2) is 53.9 Å². The van der Waals surface area contributed by atoms with E-state index in [0.29, 0.717) is 6.54 Å². The van der Waals surface area contributed by atoms with Gasteiger partial charge in [0, 0.05) is 23.1 Å². The zero-order chi connectivity index (χ0) is 13.9. The Morgan fingerprint density at radius 3 is 2.60 bits per heavy atom. The van der Waals surface area contributed by atoms with Crippen LogP contribution in [0.25, 0.3) is 21.8 Å². The Hall–Kier alpha value is -1.97. The van der Waals surface area contributed by atoms with Crippen molar-refractivity contribution < 1.29 is 0 Å². The maximum Gasteiger partial charge on any atom is 0.124 e. The van der Waals surface area contributed by atoms with Gasteiger partial charge in [-0.15, -0.1) is 11.3 Å². The van der Waals surface area contributed by atoms with Crippen molar-refractivity contribution in [3.05, 3.63) is 65.0 Å². The number of benzene rings is 2. The fourth-order valence-electron chi connectivity index (χ4n) is 2.09. The third kappa shape index (κ3) is 2.64. The molecule has 1 heterocycles. The number of aryl methyl sites for hydroxylation is 1. The van der Waals surface area contributed by atoms with Crippen molar-refractivity contribution in [3.8, 4) is 21.8 Å². The summed E-state index contributed by atoms with van der Waals surface area (Å²) in [6.45, 7) is 2.65. The molecular formula is C17H16N2S. The first-order chi connectivity index (χ1) is 9.76. The Morgan fingerprint density at radius 1 is 1.05 bits per heavy atom. The molecule has 0 unspecified atom stereocenters. The van der Waals surface area contributed by atoms with Gasteiger partial charge in [-0.3, -0.25) is 0 Å². The van der Waals surface area contributed by atoms with E-state index in [0.717, 1.165) is 27.4 Å². The number of hydrogen-bond acceptors (Lipinski definition) is 3. The monoisotopic (exact) mass is 280 g/mol. The molecule has 0 spiro atoms. The van der Waals surface area contributed by atoms with Crippen LogP contribution < -0.4 is 5.73 Å². The van der Waals surface area contributed by atoms with Crippen LogP contribution in [0.1, 0.15) is 11.1 Å². The van der Waals surface area contributed by atoms with Gasteiger partial charge in [-0.1, -0.05) is 48.0 Å². The van der Waals surface area contributed by atoms with Gasteiger partial charge in [0.05, 0.1) is 5.69 Å². The normalized spacial score (nSPS) is 10.7. The number of aromatic nitrogens is 1. The van der Waals surface area contributed by atoms with Crippen molar-refractivity contribution in [3.63, 3.8) is 0 Å². The lowest BCUT2D eigenvalue weighted by Crippen LogP contribution is -1.95. The van der Waals surface area contributed by atoms with Crippen LogP contribution in [-0.4, -0.2) is 4.98 Å². The molecule has 0 saturated heterocycles. The Kier molecular flexibility index (Phi) is 3.63. The summed E-state index contributed by atoms with van der Waals surface area (Å²) in [4.78, 5) is 4.73. The van der Waals surface area contributed by atoms with E-state index in [9.17, 15) is 0 Å². The van der Waals surface area contributed by atoms with E-state index in [1.807, 2.05) is 12.1 Å². The van der Waals surface area contributed by atoms with E-state index in [4.69, 9.17) is 10.7 Å². The summed E-state index contributed by atoms with van der Waals surface area (Å²) in [5.41, 5.74) is 11.4. The lowest BCUT2D eigenvalue weighted by molar-refractivity contribution is 1.07. The summed E-state index contributed by atoms with van der Waals surface area (Å²) >= 11 is 1.67. The third-order valence-electron chi connectivity index (χ3n) is 3.26. The zero-order valence-corrected chi connectivity index (χ0v) is 12.2. The minimum atomic E-state index is 0.560. The predicted octanol–water partition coefficient (Wildman–Crippen LogP) is 4.24. The topological polar surface area (TPSA) is 38.9 Å². The van der Waals surface area contributed by atoms with Crippen LogP contribution in [0.5, 0.6) is 0 Å². The average Bonchev–Trinajstić information content (AvgIpc) is 2.98. The predicted molar refractivity (Wildman–Crippen MR) is 85.6 cm³/mol. The quantitative estimate of drug-likeness (QED) is 0.779. The van der Waals surface area contributed by atoms with Crippen molar-refractivity contribution in [2.45, 2.75) is 13.5 Å². The summed E-state index contributed by atoms with van der Waals surface area (Å²) in [5, 5.41) is 3.14. The molecule has 100 valence electrons. The Morgan fingerprint density at radius 2 is 1.85 bits per heavy atom. The van der Waals surface area contributed by atoms with E-state index in [1.54, 1.807) is 11.3 Å². The first-order valence-electron chi connectivity index (χ1n) is 6.58. The molecule has 0 aliphatic rings. The summed E-state index contributed by atoms with van der Waals surface area (Å²) in [5.74, 6) is 0. The van der Waals surface area contributed by atoms with Gasteiger partial charge in [-0.05, 0) is 18.6 Å². The third-order valence-corrected chi connectivity index (χ3v) is 4.15. The standard InChI is InChI=1S/C17H16N2S/c1-12-5-7-14(8-6-12)16-11-20-17(19-16)15-4-2-3-13(9-15)10-18/h2-9,11H,10,18H2,1H3. The second-order valence-electron chi connectivity index (χ2n) is 4.81. The van der Waals surface area contributed by atoms with Crippen LogP contribution in [-0.2, 0) is 6.54 Å². The largest absolute Gasteiger partial charge is 0.326 e. The molecule has 3 rings (SSSR count). The minimum absolute atomic E-state index is 0.560.